The fourth-order valence-electron chi connectivity index (χ4n) is 2.78. The van der Waals surface area contributed by atoms with Crippen LogP contribution in [0.3, 0.4) is 0 Å². The summed E-state index contributed by atoms with van der Waals surface area (Å²) in [6.07, 6.45) is 0. The third kappa shape index (κ3) is 5.12. The third-order valence-electron chi connectivity index (χ3n) is 4.26. The Balaban J connectivity index is 0.00000240. The molecule has 4 aromatic rings. The Morgan fingerprint density at radius 1 is 0.897 bits per heavy atom. The number of thiazole rings is 1. The topological polar surface area (TPSA) is 28.5 Å². The zero-order valence-electron chi connectivity index (χ0n) is 15.7. The molecule has 0 N–H and O–H groups in total. The SMILES string of the molecule is Br.C/C(=N\N(c1ccccc1)c1nc(-c2ccccc2)cs1)c1ccc(Cl)cc1. The van der Waals surface area contributed by atoms with Crippen LogP contribution in [0.1, 0.15) is 12.5 Å². The molecule has 0 aliphatic rings. The fraction of sp³-hybridized carbons (Fsp3) is 0.0435. The maximum absolute atomic E-state index is 6.02. The summed E-state index contributed by atoms with van der Waals surface area (Å²) in [5, 5.41) is 10.4. The molecule has 0 radical (unpaired) electrons. The molecule has 0 aliphatic carbocycles. The zero-order chi connectivity index (χ0) is 19.3. The summed E-state index contributed by atoms with van der Waals surface area (Å²) in [5.74, 6) is 0. The van der Waals surface area contributed by atoms with Gasteiger partial charge in [-0.1, -0.05) is 72.3 Å². The minimum atomic E-state index is 0. The lowest BCUT2D eigenvalue weighted by Gasteiger charge is -2.17. The Kier molecular flexibility index (Phi) is 7.20. The minimum absolute atomic E-state index is 0. The second kappa shape index (κ2) is 9.83. The number of aromatic nitrogens is 1. The Morgan fingerprint density at radius 2 is 1.52 bits per heavy atom. The number of nitrogens with zero attached hydrogens (tertiary/aromatic N) is 3. The molecule has 1 heterocycles. The summed E-state index contributed by atoms with van der Waals surface area (Å²) in [7, 11) is 0. The van der Waals surface area contributed by atoms with Crippen molar-refractivity contribution in [3.63, 3.8) is 0 Å². The summed E-state index contributed by atoms with van der Waals surface area (Å²) in [6.45, 7) is 1.99. The molecule has 3 nitrogen and oxygen atoms in total. The van der Waals surface area contributed by atoms with Gasteiger partial charge in [0.1, 0.15) is 0 Å². The van der Waals surface area contributed by atoms with Crippen molar-refractivity contribution in [1.82, 2.24) is 4.98 Å². The Bertz CT molecular complexity index is 1080. The molecule has 0 saturated heterocycles. The first-order chi connectivity index (χ1) is 13.7. The maximum Gasteiger partial charge on any atom is 0.211 e. The first-order valence-electron chi connectivity index (χ1n) is 8.88. The van der Waals surface area contributed by atoms with Crippen molar-refractivity contribution in [2.45, 2.75) is 6.92 Å². The normalized spacial score (nSPS) is 11.0. The van der Waals surface area contributed by atoms with Crippen LogP contribution in [0.25, 0.3) is 11.3 Å². The van der Waals surface area contributed by atoms with E-state index in [0.29, 0.717) is 5.02 Å². The number of rotatable bonds is 5. The molecule has 3 aromatic carbocycles. The molecule has 0 bridgehead atoms. The molecule has 0 amide bonds. The fourth-order valence-corrected chi connectivity index (χ4v) is 3.71. The number of benzene rings is 3. The van der Waals surface area contributed by atoms with E-state index < -0.39 is 0 Å². The predicted octanol–water partition coefficient (Wildman–Crippen LogP) is 7.60. The molecule has 0 unspecified atom stereocenters. The average molecular weight is 485 g/mol. The van der Waals surface area contributed by atoms with Crippen molar-refractivity contribution in [3.8, 4) is 11.3 Å². The quantitative estimate of drug-likeness (QED) is 0.215. The molecular weight excluding hydrogens is 466 g/mol. The van der Waals surface area contributed by atoms with Crippen LogP contribution in [0.5, 0.6) is 0 Å². The highest BCUT2D eigenvalue weighted by Crippen LogP contribution is 2.32. The predicted molar refractivity (Wildman–Crippen MR) is 130 cm³/mol. The lowest BCUT2D eigenvalue weighted by molar-refractivity contribution is 1.06. The Hall–Kier alpha value is -2.47. The van der Waals surface area contributed by atoms with Crippen LogP contribution in [0.4, 0.5) is 10.8 Å². The summed E-state index contributed by atoms with van der Waals surface area (Å²) < 4.78 is 0. The van der Waals surface area contributed by atoms with E-state index in [1.165, 1.54) is 0 Å². The molecule has 29 heavy (non-hydrogen) atoms. The average Bonchev–Trinajstić information content (AvgIpc) is 3.23. The van der Waals surface area contributed by atoms with Crippen LogP contribution >= 0.6 is 39.9 Å². The first-order valence-corrected chi connectivity index (χ1v) is 10.1. The molecule has 0 atom stereocenters. The van der Waals surface area contributed by atoms with E-state index in [2.05, 4.69) is 17.5 Å². The molecule has 4 rings (SSSR count). The molecule has 6 heteroatoms. The number of hydrazone groups is 1. The highest BCUT2D eigenvalue weighted by atomic mass is 79.9. The van der Waals surface area contributed by atoms with Gasteiger partial charge in [0.05, 0.1) is 17.1 Å². The van der Waals surface area contributed by atoms with Crippen LogP contribution in [-0.2, 0) is 0 Å². The van der Waals surface area contributed by atoms with Crippen LogP contribution in [0, 0.1) is 0 Å². The van der Waals surface area contributed by atoms with Gasteiger partial charge in [0, 0.05) is 16.0 Å². The van der Waals surface area contributed by atoms with Crippen molar-refractivity contribution >= 4 is 56.4 Å². The van der Waals surface area contributed by atoms with Gasteiger partial charge in [-0.25, -0.2) is 9.99 Å². The lowest BCUT2D eigenvalue weighted by Crippen LogP contribution is -2.12. The number of anilines is 2. The van der Waals surface area contributed by atoms with Gasteiger partial charge < -0.3 is 0 Å². The Labute approximate surface area is 190 Å². The van der Waals surface area contributed by atoms with Gasteiger partial charge in [0.25, 0.3) is 0 Å². The van der Waals surface area contributed by atoms with Crippen LogP contribution in [0.2, 0.25) is 5.02 Å². The van der Waals surface area contributed by atoms with Crippen LogP contribution < -0.4 is 5.01 Å². The molecule has 0 fully saturated rings. The van der Waals surface area contributed by atoms with Gasteiger partial charge in [-0.05, 0) is 36.8 Å². The largest absolute Gasteiger partial charge is 0.218 e. The van der Waals surface area contributed by atoms with Crippen molar-refractivity contribution in [2.75, 3.05) is 5.01 Å². The molecule has 146 valence electrons. The molecule has 0 spiro atoms. The van der Waals surface area contributed by atoms with E-state index in [-0.39, 0.29) is 17.0 Å². The summed E-state index contributed by atoms with van der Waals surface area (Å²) >= 11 is 7.59. The van der Waals surface area contributed by atoms with Gasteiger partial charge in [-0.15, -0.1) is 28.3 Å². The van der Waals surface area contributed by atoms with Crippen LogP contribution in [-0.4, -0.2) is 10.7 Å². The number of para-hydroxylation sites is 1. The Morgan fingerprint density at radius 3 is 2.17 bits per heavy atom. The second-order valence-corrected chi connectivity index (χ2v) is 7.49. The van der Waals surface area contributed by atoms with E-state index in [1.807, 2.05) is 84.7 Å². The van der Waals surface area contributed by atoms with E-state index >= 15 is 0 Å². The number of hydrogen-bond donors (Lipinski definition) is 0. The highest BCUT2D eigenvalue weighted by Gasteiger charge is 2.14. The smallest absolute Gasteiger partial charge is 0.211 e. The third-order valence-corrected chi connectivity index (χ3v) is 5.32. The van der Waals surface area contributed by atoms with Crippen molar-refractivity contribution in [3.05, 3.63) is 101 Å². The highest BCUT2D eigenvalue weighted by molar-refractivity contribution is 8.93. The number of halogens is 2. The van der Waals surface area contributed by atoms with E-state index in [1.54, 1.807) is 11.3 Å². The molecule has 1 aromatic heterocycles. The standard InChI is InChI=1S/C23H18ClN3S.BrH/c1-17(18-12-14-20(24)15-13-18)26-27(21-10-6-3-7-11-21)23-25-22(16-28-23)19-8-4-2-5-9-19;/h2-16H,1H3;1H/b26-17+;. The maximum atomic E-state index is 6.02. The van der Waals surface area contributed by atoms with Crippen molar-refractivity contribution in [2.24, 2.45) is 5.10 Å². The van der Waals surface area contributed by atoms with E-state index in [9.17, 15) is 0 Å². The molecule has 0 saturated carbocycles. The van der Waals surface area contributed by atoms with Gasteiger partial charge in [0.15, 0.2) is 0 Å². The summed E-state index contributed by atoms with van der Waals surface area (Å²) in [5.41, 5.74) is 4.91. The van der Waals surface area contributed by atoms with E-state index in [4.69, 9.17) is 21.7 Å². The lowest BCUT2D eigenvalue weighted by atomic mass is 10.1. The number of hydrogen-bond acceptors (Lipinski definition) is 4. The first kappa shape index (κ1) is 21.2. The van der Waals surface area contributed by atoms with Crippen molar-refractivity contribution in [1.29, 1.82) is 0 Å². The van der Waals surface area contributed by atoms with Gasteiger partial charge in [-0.2, -0.15) is 5.10 Å². The van der Waals surface area contributed by atoms with Gasteiger partial charge in [-0.3, -0.25) is 0 Å². The van der Waals surface area contributed by atoms with Gasteiger partial charge in [0.2, 0.25) is 5.13 Å². The second-order valence-electron chi connectivity index (χ2n) is 6.22. The summed E-state index contributed by atoms with van der Waals surface area (Å²) in [6, 6.07) is 27.9. The van der Waals surface area contributed by atoms with Gasteiger partial charge >= 0.3 is 0 Å². The van der Waals surface area contributed by atoms with Crippen molar-refractivity contribution < 1.29 is 0 Å². The molecular formula is C23H19BrClN3S. The van der Waals surface area contributed by atoms with Crippen LogP contribution in [0.15, 0.2) is 95.4 Å². The zero-order valence-corrected chi connectivity index (χ0v) is 19.0. The minimum Gasteiger partial charge on any atom is -0.218 e. The molecule has 0 aliphatic heterocycles. The summed E-state index contributed by atoms with van der Waals surface area (Å²) in [4.78, 5) is 4.83. The monoisotopic (exact) mass is 483 g/mol. The van der Waals surface area contributed by atoms with E-state index in [0.717, 1.165) is 33.4 Å².